The fourth-order valence-electron chi connectivity index (χ4n) is 0.316. The van der Waals surface area contributed by atoms with Gasteiger partial charge in [-0.3, -0.25) is 0 Å². The van der Waals surface area contributed by atoms with E-state index in [4.69, 9.17) is 5.11 Å². The fourth-order valence-corrected chi connectivity index (χ4v) is 0.316. The van der Waals surface area contributed by atoms with E-state index in [0.29, 0.717) is 6.61 Å². The summed E-state index contributed by atoms with van der Waals surface area (Å²) in [6, 6.07) is 0. The molecule has 0 rings (SSSR count). The standard InChI is InChI=1S/C6H11NO3/c1-3-10-7-4-5(2)6(8)9/h7H,2-4H2,1H3,(H,8,9). The third-order valence-electron chi connectivity index (χ3n) is 0.834. The van der Waals surface area contributed by atoms with Gasteiger partial charge in [0.25, 0.3) is 0 Å². The maximum Gasteiger partial charge on any atom is 0.332 e. The lowest BCUT2D eigenvalue weighted by Crippen LogP contribution is -2.20. The Morgan fingerprint density at radius 3 is 2.80 bits per heavy atom. The summed E-state index contributed by atoms with van der Waals surface area (Å²) in [5.41, 5.74) is 2.53. The monoisotopic (exact) mass is 145 g/mol. The van der Waals surface area contributed by atoms with Crippen LogP contribution < -0.4 is 5.48 Å². The van der Waals surface area contributed by atoms with Gasteiger partial charge in [0.15, 0.2) is 0 Å². The molecule has 0 aromatic rings. The third kappa shape index (κ3) is 4.05. The summed E-state index contributed by atoms with van der Waals surface area (Å²) >= 11 is 0. The Hall–Kier alpha value is -0.870. The second kappa shape index (κ2) is 4.96. The molecule has 10 heavy (non-hydrogen) atoms. The molecule has 0 aliphatic carbocycles. The highest BCUT2D eigenvalue weighted by atomic mass is 16.6. The van der Waals surface area contributed by atoms with Crippen molar-refractivity contribution < 1.29 is 14.7 Å². The van der Waals surface area contributed by atoms with E-state index in [0.717, 1.165) is 0 Å². The van der Waals surface area contributed by atoms with Crippen molar-refractivity contribution in [2.24, 2.45) is 0 Å². The van der Waals surface area contributed by atoms with Crippen molar-refractivity contribution in [3.8, 4) is 0 Å². The van der Waals surface area contributed by atoms with Crippen LogP contribution in [0.1, 0.15) is 6.92 Å². The van der Waals surface area contributed by atoms with Crippen molar-refractivity contribution in [1.82, 2.24) is 5.48 Å². The van der Waals surface area contributed by atoms with Crippen LogP contribution >= 0.6 is 0 Å². The van der Waals surface area contributed by atoms with E-state index >= 15 is 0 Å². The normalized spacial score (nSPS) is 9.30. The first-order chi connectivity index (χ1) is 4.68. The zero-order valence-corrected chi connectivity index (χ0v) is 5.89. The van der Waals surface area contributed by atoms with Gasteiger partial charge in [-0.2, -0.15) is 5.48 Å². The Balaban J connectivity index is 3.31. The summed E-state index contributed by atoms with van der Waals surface area (Å²) in [7, 11) is 0. The number of carboxylic acids is 1. The van der Waals surface area contributed by atoms with Gasteiger partial charge in [0, 0.05) is 5.57 Å². The van der Waals surface area contributed by atoms with Crippen LogP contribution in [0.3, 0.4) is 0 Å². The van der Waals surface area contributed by atoms with E-state index < -0.39 is 5.97 Å². The average molecular weight is 145 g/mol. The summed E-state index contributed by atoms with van der Waals surface area (Å²) in [5.74, 6) is -1.01. The smallest absolute Gasteiger partial charge is 0.332 e. The highest BCUT2D eigenvalue weighted by Crippen LogP contribution is 1.85. The second-order valence-corrected chi connectivity index (χ2v) is 1.66. The molecule has 0 fully saturated rings. The number of rotatable bonds is 5. The van der Waals surface area contributed by atoms with E-state index in [-0.39, 0.29) is 12.1 Å². The molecule has 4 heteroatoms. The molecule has 0 heterocycles. The fraction of sp³-hybridized carbons (Fsp3) is 0.500. The minimum atomic E-state index is -1.01. The zero-order valence-electron chi connectivity index (χ0n) is 5.89. The number of nitrogens with one attached hydrogen (secondary N) is 1. The second-order valence-electron chi connectivity index (χ2n) is 1.66. The van der Waals surface area contributed by atoms with Crippen molar-refractivity contribution in [2.75, 3.05) is 13.2 Å². The first-order valence-corrected chi connectivity index (χ1v) is 2.94. The summed E-state index contributed by atoms with van der Waals surface area (Å²) in [6.07, 6.45) is 0. The molecule has 0 saturated carbocycles. The summed E-state index contributed by atoms with van der Waals surface area (Å²) < 4.78 is 0. The van der Waals surface area contributed by atoms with E-state index in [2.05, 4.69) is 16.9 Å². The van der Waals surface area contributed by atoms with Crippen molar-refractivity contribution in [1.29, 1.82) is 0 Å². The number of hydroxylamine groups is 1. The molecule has 0 spiro atoms. The van der Waals surface area contributed by atoms with Crippen molar-refractivity contribution in [3.05, 3.63) is 12.2 Å². The number of hydrogen-bond acceptors (Lipinski definition) is 3. The number of carbonyl (C=O) groups is 1. The average Bonchev–Trinajstić information content (AvgIpc) is 1.88. The lowest BCUT2D eigenvalue weighted by molar-refractivity contribution is -0.133. The Kier molecular flexibility index (Phi) is 4.53. The van der Waals surface area contributed by atoms with Crippen LogP contribution in [0.25, 0.3) is 0 Å². The molecule has 0 aliphatic heterocycles. The first-order valence-electron chi connectivity index (χ1n) is 2.94. The Bertz CT molecular complexity index is 133. The SMILES string of the molecule is C=C(CNOCC)C(=O)O. The number of aliphatic carboxylic acids is 1. The van der Waals surface area contributed by atoms with E-state index in [9.17, 15) is 4.79 Å². The molecular weight excluding hydrogens is 134 g/mol. The zero-order chi connectivity index (χ0) is 7.98. The van der Waals surface area contributed by atoms with Crippen LogP contribution in [-0.4, -0.2) is 24.2 Å². The highest BCUT2D eigenvalue weighted by Gasteiger charge is 2.01. The van der Waals surface area contributed by atoms with Crippen molar-refractivity contribution >= 4 is 5.97 Å². The number of carboxylic acid groups (broad SMARTS) is 1. The summed E-state index contributed by atoms with van der Waals surface area (Å²) in [4.78, 5) is 14.8. The maximum absolute atomic E-state index is 10.1. The lowest BCUT2D eigenvalue weighted by Gasteiger charge is -2.01. The van der Waals surface area contributed by atoms with E-state index in [1.165, 1.54) is 0 Å². The molecule has 0 amide bonds. The number of hydrogen-bond donors (Lipinski definition) is 2. The Morgan fingerprint density at radius 2 is 2.40 bits per heavy atom. The minimum absolute atomic E-state index is 0.0912. The van der Waals surface area contributed by atoms with Gasteiger partial charge in [0.2, 0.25) is 0 Å². The quantitative estimate of drug-likeness (QED) is 0.329. The minimum Gasteiger partial charge on any atom is -0.478 e. The van der Waals surface area contributed by atoms with Gasteiger partial charge in [-0.05, 0) is 6.92 Å². The van der Waals surface area contributed by atoms with Gasteiger partial charge in [-0.1, -0.05) is 6.58 Å². The van der Waals surface area contributed by atoms with Crippen molar-refractivity contribution in [3.63, 3.8) is 0 Å². The predicted octanol–water partition coefficient (Wildman–Crippen LogP) is 0.168. The van der Waals surface area contributed by atoms with Gasteiger partial charge >= 0.3 is 5.97 Å². The van der Waals surface area contributed by atoms with Crippen LogP contribution in [0.4, 0.5) is 0 Å². The molecule has 0 unspecified atom stereocenters. The van der Waals surface area contributed by atoms with Crippen LogP contribution in [0.5, 0.6) is 0 Å². The molecule has 58 valence electrons. The molecule has 0 atom stereocenters. The van der Waals surface area contributed by atoms with Gasteiger partial charge in [0.05, 0.1) is 13.2 Å². The predicted molar refractivity (Wildman–Crippen MR) is 36.4 cm³/mol. The lowest BCUT2D eigenvalue weighted by atomic mass is 10.3. The molecule has 0 aromatic carbocycles. The Morgan fingerprint density at radius 1 is 1.80 bits per heavy atom. The molecule has 4 nitrogen and oxygen atoms in total. The molecule has 2 N–H and O–H groups in total. The van der Waals surface area contributed by atoms with Crippen LogP contribution in [0, 0.1) is 0 Å². The summed E-state index contributed by atoms with van der Waals surface area (Å²) in [6.45, 7) is 5.75. The topological polar surface area (TPSA) is 58.6 Å². The van der Waals surface area contributed by atoms with Crippen LogP contribution in [0.2, 0.25) is 0 Å². The van der Waals surface area contributed by atoms with Crippen LogP contribution in [-0.2, 0) is 9.63 Å². The molecule has 0 aliphatic rings. The highest BCUT2D eigenvalue weighted by molar-refractivity contribution is 5.86. The molecule has 0 saturated heterocycles. The Labute approximate surface area is 59.4 Å². The van der Waals surface area contributed by atoms with Gasteiger partial charge in [-0.15, -0.1) is 0 Å². The molecule has 0 bridgehead atoms. The van der Waals surface area contributed by atoms with Crippen molar-refractivity contribution in [2.45, 2.75) is 6.92 Å². The molecule has 0 radical (unpaired) electrons. The van der Waals surface area contributed by atoms with Gasteiger partial charge in [0.1, 0.15) is 0 Å². The summed E-state index contributed by atoms with van der Waals surface area (Å²) in [5, 5.41) is 8.29. The molecular formula is C6H11NO3. The van der Waals surface area contributed by atoms with Gasteiger partial charge in [-0.25, -0.2) is 4.79 Å². The van der Waals surface area contributed by atoms with E-state index in [1.54, 1.807) is 6.92 Å². The first kappa shape index (κ1) is 9.13. The van der Waals surface area contributed by atoms with Crippen LogP contribution in [0.15, 0.2) is 12.2 Å². The van der Waals surface area contributed by atoms with Gasteiger partial charge < -0.3 is 9.94 Å². The third-order valence-corrected chi connectivity index (χ3v) is 0.834. The largest absolute Gasteiger partial charge is 0.478 e. The van der Waals surface area contributed by atoms with E-state index in [1.807, 2.05) is 0 Å². The maximum atomic E-state index is 10.1. The molecule has 0 aromatic heterocycles.